The lowest BCUT2D eigenvalue weighted by Crippen LogP contribution is -2.25. The molecule has 6 nitrogen and oxygen atoms in total. The fraction of sp³-hybridized carbons (Fsp3) is 0.286. The molecule has 0 saturated carbocycles. The van der Waals surface area contributed by atoms with Gasteiger partial charge in [-0.2, -0.15) is 0 Å². The predicted octanol–water partition coefficient (Wildman–Crippen LogP) is 6.00. The topological polar surface area (TPSA) is 56.6 Å². The van der Waals surface area contributed by atoms with Crippen LogP contribution >= 0.6 is 11.6 Å². The molecule has 0 unspecified atom stereocenters. The van der Waals surface area contributed by atoms with Gasteiger partial charge in [0.25, 0.3) is 0 Å². The molecule has 0 radical (unpaired) electrons. The predicted molar refractivity (Wildman–Crippen MR) is 139 cm³/mol. The molecule has 1 aromatic heterocycles. The molecule has 1 saturated heterocycles. The largest absolute Gasteiger partial charge is 0.493 e. The van der Waals surface area contributed by atoms with E-state index in [-0.39, 0.29) is 11.8 Å². The van der Waals surface area contributed by atoms with Crippen LogP contribution in [0.1, 0.15) is 30.1 Å². The number of ether oxygens (including phenoxy) is 2. The number of rotatable bonds is 8. The number of aromatic nitrogens is 2. The molecule has 0 spiro atoms. The third kappa shape index (κ3) is 4.58. The lowest BCUT2D eigenvalue weighted by atomic mass is 10.1. The molecule has 1 atom stereocenters. The Balaban J connectivity index is 1.36. The molecule has 0 bridgehead atoms. The van der Waals surface area contributed by atoms with E-state index in [1.165, 1.54) is 0 Å². The minimum absolute atomic E-state index is 0.00316. The van der Waals surface area contributed by atoms with Gasteiger partial charge >= 0.3 is 0 Å². The Morgan fingerprint density at radius 3 is 2.63 bits per heavy atom. The zero-order valence-corrected chi connectivity index (χ0v) is 20.7. The summed E-state index contributed by atoms with van der Waals surface area (Å²) in [6.07, 6.45) is 1.22. The molecule has 5 rings (SSSR count). The fourth-order valence-corrected chi connectivity index (χ4v) is 4.96. The standard InChI is InChI=1S/C28H28ClN3O3/c1-19-21(29)9-7-12-23(19)32-18-20(17-27(32)33)28-30-22-10-3-4-11-24(22)31(28)15-8-16-35-26-14-6-5-13-25(26)34-2/h3-7,9-14,20H,8,15-18H2,1-2H3/t20-/m0/s1. The Bertz CT molecular complexity index is 1370. The van der Waals surface area contributed by atoms with Gasteiger partial charge < -0.3 is 18.9 Å². The fourth-order valence-electron chi connectivity index (χ4n) is 4.79. The van der Waals surface area contributed by atoms with Gasteiger partial charge in [0.1, 0.15) is 5.82 Å². The summed E-state index contributed by atoms with van der Waals surface area (Å²) in [6.45, 7) is 3.83. The van der Waals surface area contributed by atoms with E-state index in [0.29, 0.717) is 24.6 Å². The first-order valence-corrected chi connectivity index (χ1v) is 12.2. The molecular weight excluding hydrogens is 462 g/mol. The molecule has 3 aromatic carbocycles. The van der Waals surface area contributed by atoms with E-state index in [1.54, 1.807) is 7.11 Å². The highest BCUT2D eigenvalue weighted by Crippen LogP contribution is 2.36. The number of carbonyl (C=O) groups is 1. The van der Waals surface area contributed by atoms with Gasteiger partial charge in [-0.3, -0.25) is 4.79 Å². The molecule has 1 aliphatic heterocycles. The Labute approximate surface area is 210 Å². The Morgan fingerprint density at radius 1 is 1.03 bits per heavy atom. The van der Waals surface area contributed by atoms with Crippen LogP contribution in [0.3, 0.4) is 0 Å². The smallest absolute Gasteiger partial charge is 0.227 e. The summed E-state index contributed by atoms with van der Waals surface area (Å²) >= 11 is 6.33. The zero-order chi connectivity index (χ0) is 24.4. The third-order valence-electron chi connectivity index (χ3n) is 6.56. The van der Waals surface area contributed by atoms with E-state index in [1.807, 2.05) is 72.5 Å². The monoisotopic (exact) mass is 489 g/mol. The number of imidazole rings is 1. The lowest BCUT2D eigenvalue weighted by Gasteiger charge is -2.20. The summed E-state index contributed by atoms with van der Waals surface area (Å²) in [4.78, 5) is 19.8. The maximum Gasteiger partial charge on any atom is 0.227 e. The van der Waals surface area contributed by atoms with Crippen molar-refractivity contribution in [1.82, 2.24) is 9.55 Å². The normalized spacial score (nSPS) is 15.7. The molecular formula is C28H28ClN3O3. The van der Waals surface area contributed by atoms with Crippen LogP contribution in [-0.4, -0.2) is 35.7 Å². The number of benzene rings is 3. The summed E-state index contributed by atoms with van der Waals surface area (Å²) in [5, 5.41) is 0.668. The summed E-state index contributed by atoms with van der Waals surface area (Å²) in [5.41, 5.74) is 3.81. The minimum Gasteiger partial charge on any atom is -0.493 e. The highest BCUT2D eigenvalue weighted by Gasteiger charge is 2.35. The summed E-state index contributed by atoms with van der Waals surface area (Å²) in [5.74, 6) is 2.50. The van der Waals surface area contributed by atoms with Crippen molar-refractivity contribution in [3.63, 3.8) is 0 Å². The lowest BCUT2D eigenvalue weighted by molar-refractivity contribution is -0.117. The van der Waals surface area contributed by atoms with Crippen LogP contribution in [0.5, 0.6) is 11.5 Å². The van der Waals surface area contributed by atoms with Crippen LogP contribution in [0.15, 0.2) is 66.7 Å². The molecule has 0 N–H and O–H groups in total. The first-order chi connectivity index (χ1) is 17.1. The summed E-state index contributed by atoms with van der Waals surface area (Å²) in [6, 6.07) is 21.5. The van der Waals surface area contributed by atoms with E-state index < -0.39 is 0 Å². The molecule has 7 heteroatoms. The molecule has 180 valence electrons. The van der Waals surface area contributed by atoms with Crippen LogP contribution in [0.25, 0.3) is 11.0 Å². The third-order valence-corrected chi connectivity index (χ3v) is 6.97. The van der Waals surface area contributed by atoms with Crippen molar-refractivity contribution in [3.05, 3.63) is 83.1 Å². The van der Waals surface area contributed by atoms with Gasteiger partial charge in [0.05, 0.1) is 24.8 Å². The van der Waals surface area contributed by atoms with Gasteiger partial charge in [0, 0.05) is 36.1 Å². The molecule has 0 aliphatic carbocycles. The maximum absolute atomic E-state index is 13.0. The summed E-state index contributed by atoms with van der Waals surface area (Å²) in [7, 11) is 1.64. The van der Waals surface area contributed by atoms with Crippen LogP contribution in [0.2, 0.25) is 5.02 Å². The van der Waals surface area contributed by atoms with Crippen LogP contribution in [-0.2, 0) is 11.3 Å². The highest BCUT2D eigenvalue weighted by molar-refractivity contribution is 6.31. The van der Waals surface area contributed by atoms with Gasteiger partial charge in [-0.05, 0) is 55.3 Å². The second-order valence-electron chi connectivity index (χ2n) is 8.75. The highest BCUT2D eigenvalue weighted by atomic mass is 35.5. The number of amides is 1. The number of nitrogens with zero attached hydrogens (tertiary/aromatic N) is 3. The molecule has 1 fully saturated rings. The zero-order valence-electron chi connectivity index (χ0n) is 19.9. The first kappa shape index (κ1) is 23.2. The quantitative estimate of drug-likeness (QED) is 0.285. The van der Waals surface area contributed by atoms with Crippen LogP contribution in [0.4, 0.5) is 5.69 Å². The van der Waals surface area contributed by atoms with Gasteiger partial charge in [-0.1, -0.05) is 41.9 Å². The number of anilines is 1. The Kier molecular flexibility index (Phi) is 6.64. The number of halogens is 1. The number of hydrogen-bond acceptors (Lipinski definition) is 4. The van der Waals surface area contributed by atoms with Crippen molar-refractivity contribution < 1.29 is 14.3 Å². The van der Waals surface area contributed by atoms with Gasteiger partial charge in [-0.25, -0.2) is 4.98 Å². The summed E-state index contributed by atoms with van der Waals surface area (Å²) < 4.78 is 13.6. The average Bonchev–Trinajstić information content (AvgIpc) is 3.44. The Hall–Kier alpha value is -3.51. The average molecular weight is 490 g/mol. The minimum atomic E-state index is 0.00316. The second kappa shape index (κ2) is 10.0. The van der Waals surface area contributed by atoms with Gasteiger partial charge in [0.2, 0.25) is 5.91 Å². The first-order valence-electron chi connectivity index (χ1n) is 11.8. The number of hydrogen-bond donors (Lipinski definition) is 0. The SMILES string of the molecule is COc1ccccc1OCCCn1c([C@H]2CC(=O)N(c3cccc(Cl)c3C)C2)nc2ccccc21. The number of methoxy groups -OCH3 is 1. The van der Waals surface area contributed by atoms with E-state index in [0.717, 1.165) is 52.6 Å². The Morgan fingerprint density at radius 2 is 1.80 bits per heavy atom. The maximum atomic E-state index is 13.0. The van der Waals surface area contributed by atoms with Crippen molar-refractivity contribution >= 4 is 34.2 Å². The molecule has 35 heavy (non-hydrogen) atoms. The van der Waals surface area contributed by atoms with Gasteiger partial charge in [-0.15, -0.1) is 0 Å². The van der Waals surface area contributed by atoms with Crippen molar-refractivity contribution in [2.75, 3.05) is 25.2 Å². The van der Waals surface area contributed by atoms with E-state index in [4.69, 9.17) is 26.1 Å². The van der Waals surface area contributed by atoms with E-state index in [2.05, 4.69) is 10.6 Å². The second-order valence-corrected chi connectivity index (χ2v) is 9.16. The van der Waals surface area contributed by atoms with Crippen molar-refractivity contribution in [1.29, 1.82) is 0 Å². The van der Waals surface area contributed by atoms with E-state index >= 15 is 0 Å². The van der Waals surface area contributed by atoms with Crippen LogP contribution < -0.4 is 14.4 Å². The molecule has 1 amide bonds. The molecule has 1 aliphatic rings. The molecule has 4 aromatic rings. The van der Waals surface area contributed by atoms with Crippen molar-refractivity contribution in [3.8, 4) is 11.5 Å². The van der Waals surface area contributed by atoms with E-state index in [9.17, 15) is 4.79 Å². The number of aryl methyl sites for hydroxylation is 1. The number of fused-ring (bicyclic) bond motifs is 1. The number of carbonyl (C=O) groups excluding carboxylic acids is 1. The molecule has 2 heterocycles. The van der Waals surface area contributed by atoms with Crippen LogP contribution in [0, 0.1) is 6.92 Å². The van der Waals surface area contributed by atoms with Crippen molar-refractivity contribution in [2.45, 2.75) is 32.2 Å². The van der Waals surface area contributed by atoms with Crippen molar-refractivity contribution in [2.24, 2.45) is 0 Å². The van der Waals surface area contributed by atoms with Gasteiger partial charge in [0.15, 0.2) is 11.5 Å². The number of para-hydroxylation sites is 4.